The van der Waals surface area contributed by atoms with Crippen LogP contribution in [0.25, 0.3) is 0 Å². The topological polar surface area (TPSA) is 92.9 Å². The molecule has 0 aromatic heterocycles. The number of ether oxygens (including phenoxy) is 1. The first-order chi connectivity index (χ1) is 9.21. The smallest absolute Gasteiger partial charge is 0.305 e. The molecular weight excluding hydrogens is 260 g/mol. The highest BCUT2D eigenvalue weighted by molar-refractivity contribution is 5.82. The molecule has 1 amide bonds. The van der Waals surface area contributed by atoms with Crippen LogP contribution in [0.3, 0.4) is 0 Å². The van der Waals surface area contributed by atoms with E-state index in [0.29, 0.717) is 13.1 Å². The minimum absolute atomic E-state index is 0.0125. The lowest BCUT2D eigenvalue weighted by Crippen LogP contribution is -2.53. The van der Waals surface area contributed by atoms with E-state index in [1.165, 1.54) is 0 Å². The lowest BCUT2D eigenvalue weighted by Gasteiger charge is -2.36. The number of carboxylic acids is 1. The lowest BCUT2D eigenvalue weighted by atomic mass is 9.86. The zero-order valence-electron chi connectivity index (χ0n) is 12.6. The van der Waals surface area contributed by atoms with Gasteiger partial charge in [0.2, 0.25) is 5.91 Å². The molecule has 116 valence electrons. The molecule has 1 aliphatic rings. The number of amides is 1. The van der Waals surface area contributed by atoms with Crippen LogP contribution in [0.15, 0.2) is 0 Å². The summed E-state index contributed by atoms with van der Waals surface area (Å²) in [6, 6.07) is -0.494. The SMILES string of the molecule is CC(C)(C)C(N)C(=O)N1CCC(OCCC(=O)O)CC1. The minimum Gasteiger partial charge on any atom is -0.481 e. The first-order valence-electron chi connectivity index (χ1n) is 7.09. The number of nitrogens with zero attached hydrogens (tertiary/aromatic N) is 1. The second-order valence-electron chi connectivity index (χ2n) is 6.38. The summed E-state index contributed by atoms with van der Waals surface area (Å²) in [7, 11) is 0. The molecule has 6 heteroatoms. The molecule has 1 atom stereocenters. The van der Waals surface area contributed by atoms with Crippen molar-refractivity contribution in [2.75, 3.05) is 19.7 Å². The van der Waals surface area contributed by atoms with Crippen molar-refractivity contribution >= 4 is 11.9 Å². The average molecular weight is 286 g/mol. The van der Waals surface area contributed by atoms with Crippen LogP contribution in [0.4, 0.5) is 0 Å². The number of likely N-dealkylation sites (tertiary alicyclic amines) is 1. The van der Waals surface area contributed by atoms with E-state index >= 15 is 0 Å². The quantitative estimate of drug-likeness (QED) is 0.781. The number of hydrogen-bond acceptors (Lipinski definition) is 4. The van der Waals surface area contributed by atoms with Crippen LogP contribution in [-0.4, -0.2) is 53.7 Å². The van der Waals surface area contributed by atoms with E-state index in [9.17, 15) is 9.59 Å². The first kappa shape index (κ1) is 16.9. The summed E-state index contributed by atoms with van der Waals surface area (Å²) in [5.74, 6) is -0.866. The zero-order chi connectivity index (χ0) is 15.3. The van der Waals surface area contributed by atoms with Gasteiger partial charge in [-0.15, -0.1) is 0 Å². The Bertz CT molecular complexity index is 344. The predicted molar refractivity (Wildman–Crippen MR) is 75.2 cm³/mol. The molecule has 0 aromatic carbocycles. The minimum atomic E-state index is -0.853. The van der Waals surface area contributed by atoms with Crippen LogP contribution in [0.1, 0.15) is 40.0 Å². The number of hydrogen-bond donors (Lipinski definition) is 2. The molecule has 0 spiro atoms. The van der Waals surface area contributed by atoms with Crippen molar-refractivity contribution in [2.45, 2.75) is 52.2 Å². The summed E-state index contributed by atoms with van der Waals surface area (Å²) in [4.78, 5) is 24.4. The van der Waals surface area contributed by atoms with Crippen molar-refractivity contribution in [2.24, 2.45) is 11.1 Å². The van der Waals surface area contributed by atoms with E-state index < -0.39 is 12.0 Å². The van der Waals surface area contributed by atoms with Gasteiger partial charge in [-0.25, -0.2) is 0 Å². The number of carbonyl (C=O) groups excluding carboxylic acids is 1. The molecule has 1 heterocycles. The van der Waals surface area contributed by atoms with Gasteiger partial charge in [0.1, 0.15) is 0 Å². The second-order valence-corrected chi connectivity index (χ2v) is 6.38. The molecule has 1 saturated heterocycles. The zero-order valence-corrected chi connectivity index (χ0v) is 12.6. The number of nitrogens with two attached hydrogens (primary N) is 1. The van der Waals surface area contributed by atoms with E-state index in [4.69, 9.17) is 15.6 Å². The summed E-state index contributed by atoms with van der Waals surface area (Å²) >= 11 is 0. The number of carbonyl (C=O) groups is 2. The van der Waals surface area contributed by atoms with Crippen molar-refractivity contribution in [3.05, 3.63) is 0 Å². The lowest BCUT2D eigenvalue weighted by molar-refractivity contribution is -0.139. The predicted octanol–water partition coefficient (Wildman–Crippen LogP) is 0.842. The van der Waals surface area contributed by atoms with Gasteiger partial charge < -0.3 is 20.5 Å². The molecule has 1 fully saturated rings. The second kappa shape index (κ2) is 7.04. The molecule has 1 unspecified atom stereocenters. The standard InChI is InChI=1S/C14H26N2O4/c1-14(2,3)12(15)13(19)16-7-4-10(5-8-16)20-9-6-11(17)18/h10,12H,4-9,15H2,1-3H3,(H,17,18). The maximum absolute atomic E-state index is 12.2. The molecule has 0 aromatic rings. The van der Waals surface area contributed by atoms with E-state index in [-0.39, 0.29) is 30.5 Å². The Morgan fingerprint density at radius 2 is 1.90 bits per heavy atom. The Morgan fingerprint density at radius 1 is 1.35 bits per heavy atom. The summed E-state index contributed by atoms with van der Waals surface area (Å²) in [5.41, 5.74) is 5.74. The fourth-order valence-electron chi connectivity index (χ4n) is 2.12. The summed E-state index contributed by atoms with van der Waals surface area (Å²) in [5, 5.41) is 8.55. The van der Waals surface area contributed by atoms with Gasteiger partial charge in [0.05, 0.1) is 25.2 Å². The molecule has 1 rings (SSSR count). The van der Waals surface area contributed by atoms with Gasteiger partial charge >= 0.3 is 5.97 Å². The molecule has 0 radical (unpaired) electrons. The van der Waals surface area contributed by atoms with Gasteiger partial charge in [-0.05, 0) is 18.3 Å². The highest BCUT2D eigenvalue weighted by Crippen LogP contribution is 2.21. The van der Waals surface area contributed by atoms with Gasteiger partial charge in [-0.3, -0.25) is 9.59 Å². The van der Waals surface area contributed by atoms with E-state index in [1.807, 2.05) is 20.8 Å². The molecule has 0 saturated carbocycles. The molecule has 20 heavy (non-hydrogen) atoms. The van der Waals surface area contributed by atoms with Crippen LogP contribution >= 0.6 is 0 Å². The summed E-state index contributed by atoms with van der Waals surface area (Å²) in [6.45, 7) is 7.35. The van der Waals surface area contributed by atoms with Crippen LogP contribution in [0.5, 0.6) is 0 Å². The van der Waals surface area contributed by atoms with Gasteiger partial charge in [-0.2, -0.15) is 0 Å². The largest absolute Gasteiger partial charge is 0.481 e. The maximum atomic E-state index is 12.2. The highest BCUT2D eigenvalue weighted by atomic mass is 16.5. The van der Waals surface area contributed by atoms with Gasteiger partial charge in [0.15, 0.2) is 0 Å². The van der Waals surface area contributed by atoms with Gasteiger partial charge in [0.25, 0.3) is 0 Å². The Hall–Kier alpha value is -1.14. The fraction of sp³-hybridized carbons (Fsp3) is 0.857. The van der Waals surface area contributed by atoms with Crippen LogP contribution in [0.2, 0.25) is 0 Å². The average Bonchev–Trinajstić information content (AvgIpc) is 2.36. The normalized spacial score (nSPS) is 18.9. The Kier molecular flexibility index (Phi) is 5.95. The van der Waals surface area contributed by atoms with Crippen molar-refractivity contribution in [1.29, 1.82) is 0 Å². The molecule has 0 aliphatic carbocycles. The molecule has 3 N–H and O–H groups in total. The molecule has 1 aliphatic heterocycles. The summed E-state index contributed by atoms with van der Waals surface area (Å²) < 4.78 is 5.50. The van der Waals surface area contributed by atoms with E-state index in [2.05, 4.69) is 0 Å². The number of aliphatic carboxylic acids is 1. The van der Waals surface area contributed by atoms with Crippen LogP contribution < -0.4 is 5.73 Å². The Balaban J connectivity index is 2.35. The Morgan fingerprint density at radius 3 is 2.35 bits per heavy atom. The molecular formula is C14H26N2O4. The summed E-state index contributed by atoms with van der Waals surface area (Å²) in [6.07, 6.45) is 1.54. The fourth-order valence-corrected chi connectivity index (χ4v) is 2.12. The van der Waals surface area contributed by atoms with Crippen molar-refractivity contribution in [1.82, 2.24) is 4.90 Å². The van der Waals surface area contributed by atoms with E-state index in [0.717, 1.165) is 12.8 Å². The number of rotatable bonds is 5. The third-order valence-electron chi connectivity index (χ3n) is 3.62. The van der Waals surface area contributed by atoms with Crippen molar-refractivity contribution in [3.63, 3.8) is 0 Å². The monoisotopic (exact) mass is 286 g/mol. The third kappa shape index (κ3) is 5.09. The molecule has 0 bridgehead atoms. The highest BCUT2D eigenvalue weighted by Gasteiger charge is 2.33. The number of piperidine rings is 1. The van der Waals surface area contributed by atoms with Crippen LogP contribution in [-0.2, 0) is 14.3 Å². The third-order valence-corrected chi connectivity index (χ3v) is 3.62. The van der Waals surface area contributed by atoms with Crippen molar-refractivity contribution < 1.29 is 19.4 Å². The van der Waals surface area contributed by atoms with E-state index in [1.54, 1.807) is 4.90 Å². The Labute approximate surface area is 120 Å². The number of carboxylic acid groups (broad SMARTS) is 1. The molecule has 6 nitrogen and oxygen atoms in total. The first-order valence-corrected chi connectivity index (χ1v) is 7.09. The van der Waals surface area contributed by atoms with Gasteiger partial charge in [0, 0.05) is 13.1 Å². The van der Waals surface area contributed by atoms with Gasteiger partial charge in [-0.1, -0.05) is 20.8 Å². The maximum Gasteiger partial charge on any atom is 0.305 e. The van der Waals surface area contributed by atoms with Crippen molar-refractivity contribution in [3.8, 4) is 0 Å². The van der Waals surface area contributed by atoms with Crippen LogP contribution in [0, 0.1) is 5.41 Å².